The molecule has 0 aliphatic rings. The molecular weight excluding hydrogens is 216 g/mol. The van der Waals surface area contributed by atoms with Crippen LogP contribution < -0.4 is 0 Å². The Balaban J connectivity index is 3.15. The van der Waals surface area contributed by atoms with Crippen LogP contribution in [0.2, 0.25) is 0 Å². The third-order valence-corrected chi connectivity index (χ3v) is 2.58. The number of rotatable bonds is 6. The third-order valence-electron chi connectivity index (χ3n) is 2.58. The topological polar surface area (TPSA) is 46.5 Å². The molecule has 0 aliphatic carbocycles. The van der Waals surface area contributed by atoms with Gasteiger partial charge in [0.15, 0.2) is 0 Å². The highest BCUT2D eigenvalue weighted by Gasteiger charge is 2.16. The van der Waals surface area contributed by atoms with Gasteiger partial charge in [0.25, 0.3) is 0 Å². The molecule has 0 spiro atoms. The Labute approximate surface area is 102 Å². The van der Waals surface area contributed by atoms with E-state index in [2.05, 4.69) is 6.92 Å². The molecule has 1 N–H and O–H groups in total. The number of carboxylic acid groups (broad SMARTS) is 1. The van der Waals surface area contributed by atoms with Crippen molar-refractivity contribution in [2.75, 3.05) is 7.11 Å². The predicted molar refractivity (Wildman–Crippen MR) is 67.5 cm³/mol. The van der Waals surface area contributed by atoms with Crippen LogP contribution in [0, 0.1) is 0 Å². The van der Waals surface area contributed by atoms with Gasteiger partial charge in [0, 0.05) is 5.57 Å². The minimum Gasteiger partial charge on any atom is -0.490 e. The summed E-state index contributed by atoms with van der Waals surface area (Å²) < 4.78 is 5.01. The molecule has 1 aromatic rings. The van der Waals surface area contributed by atoms with Gasteiger partial charge >= 0.3 is 5.97 Å². The van der Waals surface area contributed by atoms with E-state index in [4.69, 9.17) is 9.84 Å². The van der Waals surface area contributed by atoms with Crippen molar-refractivity contribution in [3.63, 3.8) is 0 Å². The maximum Gasteiger partial charge on any atom is 0.371 e. The molecular formula is C14H18O3. The van der Waals surface area contributed by atoms with Crippen LogP contribution in [0.4, 0.5) is 0 Å². The van der Waals surface area contributed by atoms with E-state index in [1.807, 2.05) is 30.3 Å². The van der Waals surface area contributed by atoms with E-state index < -0.39 is 5.97 Å². The molecule has 0 saturated heterocycles. The van der Waals surface area contributed by atoms with Crippen molar-refractivity contribution in [1.82, 2.24) is 0 Å². The van der Waals surface area contributed by atoms with Gasteiger partial charge in [0.1, 0.15) is 0 Å². The summed E-state index contributed by atoms with van der Waals surface area (Å²) >= 11 is 0. The zero-order chi connectivity index (χ0) is 12.7. The fourth-order valence-electron chi connectivity index (χ4n) is 1.72. The van der Waals surface area contributed by atoms with Crippen LogP contribution in [-0.2, 0) is 9.53 Å². The molecule has 1 rings (SSSR count). The second-order valence-corrected chi connectivity index (χ2v) is 3.79. The summed E-state index contributed by atoms with van der Waals surface area (Å²) in [5, 5.41) is 9.12. The van der Waals surface area contributed by atoms with Crippen molar-refractivity contribution in [2.24, 2.45) is 0 Å². The highest BCUT2D eigenvalue weighted by atomic mass is 16.5. The van der Waals surface area contributed by atoms with Crippen molar-refractivity contribution in [2.45, 2.75) is 26.2 Å². The lowest BCUT2D eigenvalue weighted by molar-refractivity contribution is -0.135. The molecule has 0 amide bonds. The largest absolute Gasteiger partial charge is 0.490 e. The molecule has 0 unspecified atom stereocenters. The molecule has 0 fully saturated rings. The molecule has 0 radical (unpaired) electrons. The molecule has 0 aromatic heterocycles. The maximum absolute atomic E-state index is 11.1. The quantitative estimate of drug-likeness (QED) is 0.606. The number of hydrogen-bond acceptors (Lipinski definition) is 2. The standard InChI is InChI=1S/C14H18O3/c1-3-4-10-12(13(17-2)14(15)16)11-8-6-5-7-9-11/h5-9H,3-4,10H2,1-2H3,(H,15,16). The molecule has 92 valence electrons. The van der Waals surface area contributed by atoms with Crippen molar-refractivity contribution in [3.05, 3.63) is 41.7 Å². The highest BCUT2D eigenvalue weighted by Crippen LogP contribution is 2.25. The van der Waals surface area contributed by atoms with Crippen molar-refractivity contribution >= 4 is 11.5 Å². The minimum atomic E-state index is -1.01. The number of hydrogen-bond donors (Lipinski definition) is 1. The number of methoxy groups -OCH3 is 1. The van der Waals surface area contributed by atoms with E-state index in [0.29, 0.717) is 0 Å². The molecule has 0 aliphatic heterocycles. The number of ether oxygens (including phenoxy) is 1. The van der Waals surface area contributed by atoms with Crippen molar-refractivity contribution in [3.8, 4) is 0 Å². The summed E-state index contributed by atoms with van der Waals surface area (Å²) in [4.78, 5) is 11.1. The Morgan fingerprint density at radius 2 is 1.94 bits per heavy atom. The summed E-state index contributed by atoms with van der Waals surface area (Å²) in [7, 11) is 1.40. The van der Waals surface area contributed by atoms with Crippen LogP contribution >= 0.6 is 0 Å². The first kappa shape index (κ1) is 13.3. The first-order valence-corrected chi connectivity index (χ1v) is 5.76. The fraction of sp³-hybridized carbons (Fsp3) is 0.357. The second kappa shape index (κ2) is 6.74. The summed E-state index contributed by atoms with van der Waals surface area (Å²) in [6.07, 6.45) is 2.69. The van der Waals surface area contributed by atoms with Gasteiger partial charge in [-0.3, -0.25) is 0 Å². The average Bonchev–Trinajstić information content (AvgIpc) is 2.35. The molecule has 3 heteroatoms. The normalized spacial score (nSPS) is 11.9. The molecule has 0 atom stereocenters. The molecule has 3 nitrogen and oxygen atoms in total. The average molecular weight is 234 g/mol. The second-order valence-electron chi connectivity index (χ2n) is 3.79. The Hall–Kier alpha value is -1.77. The first-order valence-electron chi connectivity index (χ1n) is 5.76. The van der Waals surface area contributed by atoms with Crippen LogP contribution in [0.25, 0.3) is 5.57 Å². The zero-order valence-corrected chi connectivity index (χ0v) is 10.3. The Morgan fingerprint density at radius 1 is 1.29 bits per heavy atom. The van der Waals surface area contributed by atoms with E-state index in [-0.39, 0.29) is 5.76 Å². The Morgan fingerprint density at radius 3 is 2.41 bits per heavy atom. The van der Waals surface area contributed by atoms with Crippen LogP contribution in [-0.4, -0.2) is 18.2 Å². The monoisotopic (exact) mass is 234 g/mol. The number of carboxylic acids is 1. The van der Waals surface area contributed by atoms with Gasteiger partial charge in [0.2, 0.25) is 5.76 Å². The van der Waals surface area contributed by atoms with Gasteiger partial charge in [-0.2, -0.15) is 0 Å². The molecule has 0 bridgehead atoms. The lowest BCUT2D eigenvalue weighted by Gasteiger charge is -2.11. The molecule has 0 saturated carbocycles. The smallest absolute Gasteiger partial charge is 0.371 e. The number of carbonyl (C=O) groups is 1. The number of aliphatic carboxylic acids is 1. The van der Waals surface area contributed by atoms with Crippen molar-refractivity contribution in [1.29, 1.82) is 0 Å². The Bertz CT molecular complexity index is 393. The number of unbranched alkanes of at least 4 members (excludes halogenated alkanes) is 1. The van der Waals surface area contributed by atoms with Crippen molar-refractivity contribution < 1.29 is 14.6 Å². The Kier molecular flexibility index (Phi) is 5.27. The van der Waals surface area contributed by atoms with Crippen LogP contribution in [0.5, 0.6) is 0 Å². The van der Waals surface area contributed by atoms with E-state index in [9.17, 15) is 4.79 Å². The van der Waals surface area contributed by atoms with E-state index in [1.54, 1.807) is 0 Å². The van der Waals surface area contributed by atoms with E-state index in [0.717, 1.165) is 30.4 Å². The lowest BCUT2D eigenvalue weighted by atomic mass is 9.99. The number of benzene rings is 1. The summed E-state index contributed by atoms with van der Waals surface area (Å²) in [5.41, 5.74) is 1.68. The van der Waals surface area contributed by atoms with Crippen LogP contribution in [0.15, 0.2) is 36.1 Å². The van der Waals surface area contributed by atoms with Crippen LogP contribution in [0.3, 0.4) is 0 Å². The fourth-order valence-corrected chi connectivity index (χ4v) is 1.72. The lowest BCUT2D eigenvalue weighted by Crippen LogP contribution is -2.06. The zero-order valence-electron chi connectivity index (χ0n) is 10.3. The summed E-state index contributed by atoms with van der Waals surface area (Å²) in [6.45, 7) is 2.08. The SMILES string of the molecule is CCCCC(=C(OC)C(=O)O)c1ccccc1. The summed E-state index contributed by atoms with van der Waals surface area (Å²) in [5.74, 6) is -0.966. The molecule has 17 heavy (non-hydrogen) atoms. The van der Waals surface area contributed by atoms with E-state index in [1.165, 1.54) is 7.11 Å². The molecule has 1 aromatic carbocycles. The summed E-state index contributed by atoms with van der Waals surface area (Å²) in [6, 6.07) is 9.53. The predicted octanol–water partition coefficient (Wildman–Crippen LogP) is 3.32. The van der Waals surface area contributed by atoms with E-state index >= 15 is 0 Å². The minimum absolute atomic E-state index is 0.0460. The molecule has 0 heterocycles. The number of allylic oxidation sites excluding steroid dienone is 1. The van der Waals surface area contributed by atoms with Crippen LogP contribution in [0.1, 0.15) is 31.7 Å². The third kappa shape index (κ3) is 3.63. The first-order chi connectivity index (χ1) is 8.20. The van der Waals surface area contributed by atoms with Gasteiger partial charge < -0.3 is 9.84 Å². The van der Waals surface area contributed by atoms with Gasteiger partial charge in [-0.1, -0.05) is 43.7 Å². The van der Waals surface area contributed by atoms with Gasteiger partial charge in [-0.25, -0.2) is 4.79 Å². The maximum atomic E-state index is 11.1. The van der Waals surface area contributed by atoms with Gasteiger partial charge in [0.05, 0.1) is 7.11 Å². The van der Waals surface area contributed by atoms with Gasteiger partial charge in [-0.05, 0) is 18.4 Å². The highest BCUT2D eigenvalue weighted by molar-refractivity contribution is 5.94. The van der Waals surface area contributed by atoms with Gasteiger partial charge in [-0.15, -0.1) is 0 Å².